The molecule has 2 heterocycles. The molecule has 1 aromatic rings. The lowest BCUT2D eigenvalue weighted by atomic mass is 10.0. The van der Waals surface area contributed by atoms with Crippen molar-refractivity contribution >= 4 is 5.78 Å². The fourth-order valence-electron chi connectivity index (χ4n) is 1.91. The fourth-order valence-corrected chi connectivity index (χ4v) is 1.91. The first-order valence-electron chi connectivity index (χ1n) is 5.76. The molecule has 86 valence electrons. The van der Waals surface area contributed by atoms with E-state index in [4.69, 9.17) is 4.74 Å². The minimum Gasteiger partial charge on any atom is -0.378 e. The number of ether oxygens (including phenoxy) is 1. The van der Waals surface area contributed by atoms with Crippen LogP contribution in [-0.2, 0) is 4.74 Å². The number of ketones is 1. The van der Waals surface area contributed by atoms with Crippen LogP contribution in [0, 0.1) is 0 Å². The summed E-state index contributed by atoms with van der Waals surface area (Å²) in [5, 5.41) is 0. The van der Waals surface area contributed by atoms with Crippen LogP contribution in [-0.4, -0.2) is 28.5 Å². The van der Waals surface area contributed by atoms with Crippen LogP contribution in [0.15, 0.2) is 18.7 Å². The van der Waals surface area contributed by atoms with E-state index in [0.717, 1.165) is 25.9 Å². The maximum atomic E-state index is 11.8. The summed E-state index contributed by atoms with van der Waals surface area (Å²) in [5.74, 6) is 0.106. The SMILES string of the molecule is O=C(CCC1CCCCO1)c1cncnc1. The molecular weight excluding hydrogens is 204 g/mol. The molecule has 1 aliphatic heterocycles. The van der Waals surface area contributed by atoms with Crippen molar-refractivity contribution in [3.05, 3.63) is 24.3 Å². The highest BCUT2D eigenvalue weighted by molar-refractivity contribution is 5.95. The lowest BCUT2D eigenvalue weighted by Gasteiger charge is -2.21. The van der Waals surface area contributed by atoms with Gasteiger partial charge >= 0.3 is 0 Å². The summed E-state index contributed by atoms with van der Waals surface area (Å²) in [7, 11) is 0. The zero-order chi connectivity index (χ0) is 11.2. The van der Waals surface area contributed by atoms with Gasteiger partial charge in [0.2, 0.25) is 0 Å². The molecule has 0 N–H and O–H groups in total. The molecule has 1 aromatic heterocycles. The smallest absolute Gasteiger partial charge is 0.166 e. The molecule has 0 aromatic carbocycles. The molecule has 0 aliphatic carbocycles. The van der Waals surface area contributed by atoms with E-state index in [0.29, 0.717) is 12.0 Å². The van der Waals surface area contributed by atoms with E-state index in [9.17, 15) is 4.79 Å². The van der Waals surface area contributed by atoms with Gasteiger partial charge in [-0.15, -0.1) is 0 Å². The van der Waals surface area contributed by atoms with Gasteiger partial charge in [0.1, 0.15) is 6.33 Å². The molecule has 1 aliphatic rings. The van der Waals surface area contributed by atoms with E-state index >= 15 is 0 Å². The van der Waals surface area contributed by atoms with Crippen molar-refractivity contribution < 1.29 is 9.53 Å². The first-order chi connectivity index (χ1) is 7.86. The number of hydrogen-bond donors (Lipinski definition) is 0. The van der Waals surface area contributed by atoms with Crippen molar-refractivity contribution in [1.82, 2.24) is 9.97 Å². The molecular formula is C12H16N2O2. The molecule has 1 saturated heterocycles. The molecule has 16 heavy (non-hydrogen) atoms. The number of carbonyl (C=O) groups is 1. The normalized spacial score (nSPS) is 20.6. The van der Waals surface area contributed by atoms with Crippen LogP contribution in [0.5, 0.6) is 0 Å². The lowest BCUT2D eigenvalue weighted by Crippen LogP contribution is -2.20. The van der Waals surface area contributed by atoms with Gasteiger partial charge in [-0.05, 0) is 25.7 Å². The molecule has 4 heteroatoms. The van der Waals surface area contributed by atoms with Gasteiger partial charge in [0.25, 0.3) is 0 Å². The highest BCUT2D eigenvalue weighted by atomic mass is 16.5. The van der Waals surface area contributed by atoms with Crippen molar-refractivity contribution in [2.24, 2.45) is 0 Å². The van der Waals surface area contributed by atoms with Gasteiger partial charge < -0.3 is 4.74 Å². The number of rotatable bonds is 4. The number of aromatic nitrogens is 2. The quantitative estimate of drug-likeness (QED) is 0.728. The highest BCUT2D eigenvalue weighted by Gasteiger charge is 2.16. The Morgan fingerprint density at radius 2 is 2.19 bits per heavy atom. The van der Waals surface area contributed by atoms with Gasteiger partial charge in [0.05, 0.1) is 11.7 Å². The van der Waals surface area contributed by atoms with Crippen molar-refractivity contribution in [3.8, 4) is 0 Å². The summed E-state index contributed by atoms with van der Waals surface area (Å²) in [5.41, 5.74) is 0.596. The fraction of sp³-hybridized carbons (Fsp3) is 0.583. The lowest BCUT2D eigenvalue weighted by molar-refractivity contribution is 0.0104. The molecule has 0 spiro atoms. The highest BCUT2D eigenvalue weighted by Crippen LogP contribution is 2.17. The van der Waals surface area contributed by atoms with E-state index in [2.05, 4.69) is 9.97 Å². The topological polar surface area (TPSA) is 52.1 Å². The minimum atomic E-state index is 0.106. The van der Waals surface area contributed by atoms with Crippen molar-refractivity contribution in [2.45, 2.75) is 38.2 Å². The number of carbonyl (C=O) groups excluding carboxylic acids is 1. The predicted octanol–water partition coefficient (Wildman–Crippen LogP) is 2.01. The summed E-state index contributed by atoms with van der Waals surface area (Å²) >= 11 is 0. The van der Waals surface area contributed by atoms with Crippen LogP contribution in [0.1, 0.15) is 42.5 Å². The number of nitrogens with zero attached hydrogens (tertiary/aromatic N) is 2. The summed E-state index contributed by atoms with van der Waals surface area (Å²) < 4.78 is 5.58. The molecule has 1 atom stereocenters. The maximum Gasteiger partial charge on any atom is 0.166 e. The Morgan fingerprint density at radius 1 is 1.38 bits per heavy atom. The average molecular weight is 220 g/mol. The van der Waals surface area contributed by atoms with E-state index in [1.807, 2.05) is 0 Å². The molecule has 0 radical (unpaired) electrons. The van der Waals surface area contributed by atoms with Gasteiger partial charge in [-0.1, -0.05) is 0 Å². The minimum absolute atomic E-state index is 0.106. The Bertz CT molecular complexity index is 334. The molecule has 0 saturated carbocycles. The van der Waals surface area contributed by atoms with Crippen LogP contribution in [0.4, 0.5) is 0 Å². The number of hydrogen-bond acceptors (Lipinski definition) is 4. The predicted molar refractivity (Wildman–Crippen MR) is 59.2 cm³/mol. The van der Waals surface area contributed by atoms with Crippen LogP contribution < -0.4 is 0 Å². The van der Waals surface area contributed by atoms with Gasteiger partial charge in [-0.25, -0.2) is 9.97 Å². The Labute approximate surface area is 95.1 Å². The second-order valence-corrected chi connectivity index (χ2v) is 4.08. The third kappa shape index (κ3) is 3.10. The van der Waals surface area contributed by atoms with Gasteiger partial charge in [0.15, 0.2) is 5.78 Å². The van der Waals surface area contributed by atoms with Crippen molar-refractivity contribution in [2.75, 3.05) is 6.61 Å². The van der Waals surface area contributed by atoms with Gasteiger partial charge in [0, 0.05) is 25.4 Å². The largest absolute Gasteiger partial charge is 0.378 e. The van der Waals surface area contributed by atoms with E-state index < -0.39 is 0 Å². The summed E-state index contributed by atoms with van der Waals surface area (Å²) in [6, 6.07) is 0. The second kappa shape index (κ2) is 5.70. The Morgan fingerprint density at radius 3 is 2.88 bits per heavy atom. The zero-order valence-electron chi connectivity index (χ0n) is 9.26. The number of Topliss-reactive ketones (excluding diaryl/α,β-unsaturated/α-hetero) is 1. The van der Waals surface area contributed by atoms with Crippen LogP contribution >= 0.6 is 0 Å². The Hall–Kier alpha value is -1.29. The van der Waals surface area contributed by atoms with Crippen molar-refractivity contribution in [1.29, 1.82) is 0 Å². The summed E-state index contributed by atoms with van der Waals surface area (Å²) in [6.45, 7) is 0.841. The molecule has 2 rings (SSSR count). The van der Waals surface area contributed by atoms with E-state index in [1.54, 1.807) is 12.4 Å². The standard InChI is InChI=1S/C12H16N2O2/c15-12(10-7-13-9-14-8-10)5-4-11-3-1-2-6-16-11/h7-9,11H,1-6H2. The third-order valence-corrected chi connectivity index (χ3v) is 2.85. The Balaban J connectivity index is 1.79. The van der Waals surface area contributed by atoms with Crippen LogP contribution in [0.3, 0.4) is 0 Å². The summed E-state index contributed by atoms with van der Waals surface area (Å²) in [6.07, 6.45) is 9.62. The molecule has 0 bridgehead atoms. The maximum absolute atomic E-state index is 11.8. The van der Waals surface area contributed by atoms with Crippen LogP contribution in [0.2, 0.25) is 0 Å². The summed E-state index contributed by atoms with van der Waals surface area (Å²) in [4.78, 5) is 19.4. The molecule has 1 unspecified atom stereocenters. The zero-order valence-corrected chi connectivity index (χ0v) is 9.26. The monoisotopic (exact) mass is 220 g/mol. The van der Waals surface area contributed by atoms with E-state index in [-0.39, 0.29) is 11.9 Å². The Kier molecular flexibility index (Phi) is 3.99. The molecule has 1 fully saturated rings. The van der Waals surface area contributed by atoms with Gasteiger partial charge in [-0.2, -0.15) is 0 Å². The van der Waals surface area contributed by atoms with Gasteiger partial charge in [-0.3, -0.25) is 4.79 Å². The van der Waals surface area contributed by atoms with Crippen LogP contribution in [0.25, 0.3) is 0 Å². The third-order valence-electron chi connectivity index (χ3n) is 2.85. The first-order valence-corrected chi connectivity index (χ1v) is 5.76. The first kappa shape index (κ1) is 11.2. The average Bonchev–Trinajstić information content (AvgIpc) is 2.38. The van der Waals surface area contributed by atoms with Crippen molar-refractivity contribution in [3.63, 3.8) is 0 Å². The van der Waals surface area contributed by atoms with E-state index in [1.165, 1.54) is 12.7 Å². The molecule has 4 nitrogen and oxygen atoms in total. The molecule has 0 amide bonds. The second-order valence-electron chi connectivity index (χ2n) is 4.08.